The number of phenols is 1. The van der Waals surface area contributed by atoms with Gasteiger partial charge in [0, 0.05) is 23.9 Å². The van der Waals surface area contributed by atoms with Crippen LogP contribution in [0.2, 0.25) is 0 Å². The van der Waals surface area contributed by atoms with E-state index in [9.17, 15) is 19.1 Å². The molecule has 8 rings (SSSR count). The molecule has 0 bridgehead atoms. The summed E-state index contributed by atoms with van der Waals surface area (Å²) in [6.07, 6.45) is 8.83. The number of aromatic hydroxyl groups is 1. The molecule has 3 fully saturated rings. The lowest BCUT2D eigenvalue weighted by Crippen LogP contribution is -2.48. The van der Waals surface area contributed by atoms with Crippen molar-refractivity contribution in [2.75, 3.05) is 31.2 Å². The van der Waals surface area contributed by atoms with Crippen molar-refractivity contribution in [3.63, 3.8) is 0 Å². The van der Waals surface area contributed by atoms with E-state index in [4.69, 9.17) is 20.9 Å². The number of alkyl halides is 1. The summed E-state index contributed by atoms with van der Waals surface area (Å²) in [5.74, 6) is 0.890. The summed E-state index contributed by atoms with van der Waals surface area (Å²) >= 11 is 0. The SMILES string of the molecule is C#Cc1c(F)ccc2cc(O)cc(-c3nc4c5c(nc(OC[C@@]67CCCN6C[C@H](F)C7)nc5c3F)N3C(CCC[C@@H]3C#N)CO4)c12. The Morgan fingerprint density at radius 3 is 2.85 bits per heavy atom. The van der Waals surface area contributed by atoms with Gasteiger partial charge in [-0.2, -0.15) is 15.2 Å². The normalized spacial score (nSPS) is 25.4. The van der Waals surface area contributed by atoms with Gasteiger partial charge >= 0.3 is 6.01 Å². The molecule has 0 aliphatic carbocycles. The van der Waals surface area contributed by atoms with Crippen molar-refractivity contribution < 1.29 is 27.8 Å². The summed E-state index contributed by atoms with van der Waals surface area (Å²) in [6.45, 7) is 1.39. The van der Waals surface area contributed by atoms with Gasteiger partial charge in [-0.25, -0.2) is 18.2 Å². The zero-order valence-corrected chi connectivity index (χ0v) is 24.8. The van der Waals surface area contributed by atoms with E-state index in [1.54, 1.807) is 0 Å². The number of ether oxygens (including phenoxy) is 2. The Labute approximate surface area is 262 Å². The quantitative estimate of drug-likeness (QED) is 0.298. The minimum absolute atomic E-state index is 0.0332. The number of aromatic nitrogens is 3. The number of piperidine rings is 1. The zero-order chi connectivity index (χ0) is 31.7. The molecule has 4 aliphatic rings. The number of fused-ring (bicyclic) bond motifs is 4. The molecule has 6 heterocycles. The molecule has 12 heteroatoms. The molecule has 3 saturated heterocycles. The molecule has 234 valence electrons. The van der Waals surface area contributed by atoms with Gasteiger partial charge in [0.2, 0.25) is 5.88 Å². The second-order valence-corrected chi connectivity index (χ2v) is 12.6. The molecular weight excluding hydrogens is 597 g/mol. The van der Waals surface area contributed by atoms with Gasteiger partial charge in [0.05, 0.1) is 23.2 Å². The van der Waals surface area contributed by atoms with Crippen molar-refractivity contribution in [1.82, 2.24) is 19.9 Å². The van der Waals surface area contributed by atoms with Gasteiger partial charge in [-0.15, -0.1) is 6.42 Å². The average Bonchev–Trinajstić information content (AvgIpc) is 3.52. The molecular formula is C34H29F3N6O3. The number of anilines is 1. The number of halogens is 3. The summed E-state index contributed by atoms with van der Waals surface area (Å²) in [5, 5.41) is 21.5. The lowest BCUT2D eigenvalue weighted by atomic mass is 9.95. The highest BCUT2D eigenvalue weighted by molar-refractivity contribution is 6.04. The number of terminal acetylenes is 1. The van der Waals surface area contributed by atoms with Crippen LogP contribution >= 0.6 is 0 Å². The van der Waals surface area contributed by atoms with Crippen LogP contribution in [0.15, 0.2) is 24.3 Å². The van der Waals surface area contributed by atoms with E-state index in [1.165, 1.54) is 24.3 Å². The van der Waals surface area contributed by atoms with Crippen LogP contribution in [-0.4, -0.2) is 75.1 Å². The minimum atomic E-state index is -0.961. The van der Waals surface area contributed by atoms with Crippen molar-refractivity contribution >= 4 is 27.5 Å². The monoisotopic (exact) mass is 626 g/mol. The Bertz CT molecular complexity index is 2010. The van der Waals surface area contributed by atoms with E-state index in [-0.39, 0.29) is 75.8 Å². The van der Waals surface area contributed by atoms with Gasteiger partial charge in [0.15, 0.2) is 11.6 Å². The molecule has 1 unspecified atom stereocenters. The highest BCUT2D eigenvalue weighted by atomic mass is 19.1. The summed E-state index contributed by atoms with van der Waals surface area (Å²) < 4.78 is 58.8. The van der Waals surface area contributed by atoms with E-state index in [2.05, 4.69) is 26.9 Å². The van der Waals surface area contributed by atoms with Crippen LogP contribution in [-0.2, 0) is 0 Å². The van der Waals surface area contributed by atoms with Crippen molar-refractivity contribution in [3.8, 4) is 47.3 Å². The second kappa shape index (κ2) is 10.6. The van der Waals surface area contributed by atoms with E-state index < -0.39 is 29.4 Å². The first-order chi connectivity index (χ1) is 22.3. The number of benzene rings is 2. The Hall–Kier alpha value is -4.81. The van der Waals surface area contributed by atoms with Crippen LogP contribution in [0.5, 0.6) is 17.6 Å². The molecule has 2 aromatic carbocycles. The molecule has 0 spiro atoms. The van der Waals surface area contributed by atoms with Crippen LogP contribution in [0.3, 0.4) is 0 Å². The number of pyridine rings is 1. The summed E-state index contributed by atoms with van der Waals surface area (Å²) in [6, 6.07) is 6.76. The smallest absolute Gasteiger partial charge is 0.319 e. The lowest BCUT2D eigenvalue weighted by Gasteiger charge is -2.38. The Balaban J connectivity index is 1.35. The van der Waals surface area contributed by atoms with Crippen molar-refractivity contribution in [1.29, 1.82) is 5.26 Å². The molecule has 2 aromatic heterocycles. The minimum Gasteiger partial charge on any atom is -0.508 e. The molecule has 0 amide bonds. The highest BCUT2D eigenvalue weighted by Gasteiger charge is 2.49. The Morgan fingerprint density at radius 1 is 1.15 bits per heavy atom. The third kappa shape index (κ3) is 4.31. The maximum absolute atomic E-state index is 17.0. The molecule has 0 saturated carbocycles. The zero-order valence-electron chi connectivity index (χ0n) is 24.8. The first kappa shape index (κ1) is 28.6. The third-order valence-corrected chi connectivity index (χ3v) is 9.94. The summed E-state index contributed by atoms with van der Waals surface area (Å²) in [4.78, 5) is 17.8. The fraction of sp³-hybridized carbons (Fsp3) is 0.412. The number of nitrogens with zero attached hydrogens (tertiary/aromatic N) is 6. The van der Waals surface area contributed by atoms with Gasteiger partial charge in [-0.3, -0.25) is 4.90 Å². The van der Waals surface area contributed by atoms with Gasteiger partial charge < -0.3 is 19.5 Å². The van der Waals surface area contributed by atoms with E-state index in [0.717, 1.165) is 25.8 Å². The van der Waals surface area contributed by atoms with Crippen LogP contribution < -0.4 is 14.4 Å². The first-order valence-electron chi connectivity index (χ1n) is 15.5. The maximum Gasteiger partial charge on any atom is 0.319 e. The largest absolute Gasteiger partial charge is 0.508 e. The fourth-order valence-corrected chi connectivity index (χ4v) is 7.90. The molecule has 9 nitrogen and oxygen atoms in total. The van der Waals surface area contributed by atoms with Gasteiger partial charge in [0.1, 0.15) is 53.6 Å². The number of phenolic OH excluding ortho intramolecular Hbond substituents is 1. The van der Waals surface area contributed by atoms with E-state index >= 15 is 4.39 Å². The third-order valence-electron chi connectivity index (χ3n) is 9.94. The molecule has 4 aromatic rings. The van der Waals surface area contributed by atoms with E-state index in [1.807, 2.05) is 4.90 Å². The van der Waals surface area contributed by atoms with Gasteiger partial charge in [-0.05, 0) is 62.2 Å². The predicted molar refractivity (Wildman–Crippen MR) is 163 cm³/mol. The molecule has 46 heavy (non-hydrogen) atoms. The molecule has 4 aliphatic heterocycles. The highest BCUT2D eigenvalue weighted by Crippen LogP contribution is 2.46. The number of rotatable bonds is 4. The predicted octanol–water partition coefficient (Wildman–Crippen LogP) is 5.41. The van der Waals surface area contributed by atoms with Crippen molar-refractivity contribution in [3.05, 3.63) is 41.5 Å². The van der Waals surface area contributed by atoms with Gasteiger partial charge in [0.25, 0.3) is 0 Å². The standard InChI is InChI=1S/C34H29F3N6O3/c1-2-23-25(36)8-7-18-11-22(44)12-24(26(18)23)29-28(37)30-27-31(43-20(14-38)5-3-6-21(43)16-45-32(27)39-29)41-33(40-30)46-17-34-9-4-10-42(34)15-19(35)13-34/h1,7-8,11-12,19-21,44H,3-6,9-10,13,15-17H2/t19-,20-,21?,34+/m1/s1. The second-order valence-electron chi connectivity index (χ2n) is 12.6. The Morgan fingerprint density at radius 2 is 2.02 bits per heavy atom. The average molecular weight is 627 g/mol. The number of hydrogen-bond acceptors (Lipinski definition) is 9. The first-order valence-corrected chi connectivity index (χ1v) is 15.5. The molecule has 4 atom stereocenters. The summed E-state index contributed by atoms with van der Waals surface area (Å²) in [5.41, 5.74) is -0.976. The van der Waals surface area contributed by atoms with Crippen LogP contribution in [0.25, 0.3) is 32.9 Å². The van der Waals surface area contributed by atoms with Crippen molar-refractivity contribution in [2.45, 2.75) is 62.3 Å². The molecule has 1 N–H and O–H groups in total. The number of nitriles is 1. The summed E-state index contributed by atoms with van der Waals surface area (Å²) in [7, 11) is 0. The van der Waals surface area contributed by atoms with Gasteiger partial charge in [-0.1, -0.05) is 12.0 Å². The lowest BCUT2D eigenvalue weighted by molar-refractivity contribution is 0.107. The van der Waals surface area contributed by atoms with Crippen LogP contribution in [0.4, 0.5) is 19.0 Å². The Kier molecular flexibility index (Phi) is 6.62. The van der Waals surface area contributed by atoms with Crippen LogP contribution in [0, 0.1) is 35.3 Å². The van der Waals surface area contributed by atoms with E-state index in [0.29, 0.717) is 31.2 Å². The van der Waals surface area contributed by atoms with Crippen LogP contribution in [0.1, 0.15) is 44.1 Å². The topological polar surface area (TPSA) is 108 Å². The molecule has 0 radical (unpaired) electrons. The fourth-order valence-electron chi connectivity index (χ4n) is 7.90. The van der Waals surface area contributed by atoms with Crippen molar-refractivity contribution in [2.24, 2.45) is 0 Å². The maximum atomic E-state index is 17.0. The number of hydrogen-bond donors (Lipinski definition) is 1.